The van der Waals surface area contributed by atoms with E-state index >= 15 is 0 Å². The number of carbonyl (C=O) groups excluding carboxylic acids is 3. The Hall–Kier alpha value is -1.97. The fourth-order valence-corrected chi connectivity index (χ4v) is 3.37. The van der Waals surface area contributed by atoms with Crippen molar-refractivity contribution in [2.75, 3.05) is 12.3 Å². The lowest BCUT2D eigenvalue weighted by Gasteiger charge is -2.44. The van der Waals surface area contributed by atoms with Crippen LogP contribution in [0.1, 0.15) is 27.7 Å². The van der Waals surface area contributed by atoms with E-state index in [0.29, 0.717) is 5.75 Å². The van der Waals surface area contributed by atoms with Crippen molar-refractivity contribution in [1.29, 1.82) is 0 Å². The van der Waals surface area contributed by atoms with Gasteiger partial charge in [0.25, 0.3) is 0 Å². The molecular weight excluding hydrogens is 354 g/mol. The molecule has 1 saturated heterocycles. The molecule has 1 aliphatic heterocycles. The van der Waals surface area contributed by atoms with E-state index in [1.165, 1.54) is 32.5 Å². The van der Waals surface area contributed by atoms with Gasteiger partial charge in [-0.2, -0.15) is 0 Å². The highest BCUT2D eigenvalue weighted by Crippen LogP contribution is 2.34. The first-order chi connectivity index (χ1) is 11.8. The van der Waals surface area contributed by atoms with Crippen molar-refractivity contribution in [2.24, 2.45) is 5.11 Å². The fourth-order valence-electron chi connectivity index (χ4n) is 2.42. The third-order valence-corrected chi connectivity index (χ3v) is 4.19. The molecule has 5 atom stereocenters. The number of thioether (sulfide) groups is 1. The first-order valence-electron chi connectivity index (χ1n) is 7.59. The molecule has 0 spiro atoms. The third kappa shape index (κ3) is 6.45. The summed E-state index contributed by atoms with van der Waals surface area (Å²) in [4.78, 5) is 37.1. The Balaban J connectivity index is 3.25. The fraction of sp³-hybridized carbons (Fsp3) is 0.786. The summed E-state index contributed by atoms with van der Waals surface area (Å²) in [5, 5.41) is 3.45. The Morgan fingerprint density at radius 3 is 2.04 bits per heavy atom. The van der Waals surface area contributed by atoms with Gasteiger partial charge in [0.1, 0.15) is 11.5 Å². The maximum Gasteiger partial charge on any atom is 0.303 e. The highest BCUT2D eigenvalue weighted by atomic mass is 32.2. The van der Waals surface area contributed by atoms with E-state index in [-0.39, 0.29) is 6.54 Å². The molecule has 0 unspecified atom stereocenters. The van der Waals surface area contributed by atoms with Gasteiger partial charge in [0.2, 0.25) is 0 Å². The molecule has 1 heterocycles. The van der Waals surface area contributed by atoms with Crippen molar-refractivity contribution in [3.8, 4) is 0 Å². The van der Waals surface area contributed by atoms with Crippen molar-refractivity contribution in [1.82, 2.24) is 0 Å². The van der Waals surface area contributed by atoms with Gasteiger partial charge in [-0.3, -0.25) is 14.4 Å². The molecule has 0 aliphatic carbocycles. The number of nitrogens with zero attached hydrogens (tertiary/aromatic N) is 3. The van der Waals surface area contributed by atoms with Gasteiger partial charge in [-0.15, -0.1) is 11.8 Å². The van der Waals surface area contributed by atoms with Crippen molar-refractivity contribution >= 4 is 29.7 Å². The minimum atomic E-state index is -1.08. The summed E-state index contributed by atoms with van der Waals surface area (Å²) in [7, 11) is 0. The van der Waals surface area contributed by atoms with E-state index in [2.05, 4.69) is 10.0 Å². The van der Waals surface area contributed by atoms with E-state index in [9.17, 15) is 14.4 Å². The molecule has 1 rings (SSSR count). The Labute approximate surface area is 149 Å². The van der Waals surface area contributed by atoms with Crippen LogP contribution in [0.4, 0.5) is 0 Å². The van der Waals surface area contributed by atoms with Crippen LogP contribution in [0, 0.1) is 0 Å². The number of ether oxygens (including phenoxy) is 4. The van der Waals surface area contributed by atoms with Gasteiger partial charge in [0.05, 0.1) is 6.54 Å². The first-order valence-corrected chi connectivity index (χ1v) is 8.64. The van der Waals surface area contributed by atoms with Crippen LogP contribution in [0.5, 0.6) is 0 Å². The lowest BCUT2D eigenvalue weighted by atomic mass is 9.99. The molecule has 1 fully saturated rings. The van der Waals surface area contributed by atoms with Crippen LogP contribution in [0.2, 0.25) is 0 Å². The lowest BCUT2D eigenvalue weighted by Crippen LogP contribution is -2.61. The second kappa shape index (κ2) is 10.1. The normalized spacial score (nSPS) is 28.4. The molecule has 0 bridgehead atoms. The summed E-state index contributed by atoms with van der Waals surface area (Å²) in [5.74, 6) is -1.24. The topological polar surface area (TPSA) is 137 Å². The molecule has 140 valence electrons. The zero-order chi connectivity index (χ0) is 19.0. The van der Waals surface area contributed by atoms with Crippen LogP contribution in [0.15, 0.2) is 5.11 Å². The molecule has 25 heavy (non-hydrogen) atoms. The maximum absolute atomic E-state index is 11.5. The smallest absolute Gasteiger partial charge is 0.303 e. The second-order valence-electron chi connectivity index (χ2n) is 5.13. The molecule has 0 aromatic carbocycles. The van der Waals surface area contributed by atoms with Crippen LogP contribution in [0.25, 0.3) is 10.4 Å². The van der Waals surface area contributed by atoms with Gasteiger partial charge in [-0.05, 0) is 11.3 Å². The van der Waals surface area contributed by atoms with Gasteiger partial charge >= 0.3 is 17.9 Å². The predicted molar refractivity (Wildman–Crippen MR) is 87.5 cm³/mol. The molecule has 0 aromatic heterocycles. The van der Waals surface area contributed by atoms with Crippen molar-refractivity contribution in [3.63, 3.8) is 0 Å². The molecule has 0 aromatic rings. The SMILES string of the molecule is CCS[C@@H]1O[C@H](CN=[N+]=[N-])[C@@H](OC(C)=O)[C@H](OC(C)=O)[C@H]1OC(C)=O. The highest BCUT2D eigenvalue weighted by Gasteiger charge is 2.51. The van der Waals surface area contributed by atoms with Gasteiger partial charge < -0.3 is 18.9 Å². The number of carbonyl (C=O) groups is 3. The van der Waals surface area contributed by atoms with Crippen molar-refractivity contribution in [2.45, 2.75) is 57.5 Å². The number of azide groups is 1. The summed E-state index contributed by atoms with van der Waals surface area (Å²) >= 11 is 1.33. The average molecular weight is 375 g/mol. The first kappa shape index (κ1) is 21.1. The molecule has 0 radical (unpaired) electrons. The number of hydrogen-bond donors (Lipinski definition) is 0. The third-order valence-electron chi connectivity index (χ3n) is 3.15. The van der Waals surface area contributed by atoms with Gasteiger partial charge in [-0.25, -0.2) is 0 Å². The minimum absolute atomic E-state index is 0.139. The van der Waals surface area contributed by atoms with Gasteiger partial charge in [0.15, 0.2) is 18.3 Å². The lowest BCUT2D eigenvalue weighted by molar-refractivity contribution is -0.230. The standard InChI is InChI=1S/C14H21N3O7S/c1-5-25-14-13(23-9(4)20)12(22-8(3)19)11(21-7(2)18)10(24-14)6-16-17-15/h10-14H,5-6H2,1-4H3/t10-,11-,12+,13-,14+/m1/s1. The largest absolute Gasteiger partial charge is 0.456 e. The molecule has 11 heteroatoms. The monoisotopic (exact) mass is 375 g/mol. The number of esters is 3. The molecule has 1 aliphatic rings. The summed E-state index contributed by atoms with van der Waals surface area (Å²) < 4.78 is 21.6. The van der Waals surface area contributed by atoms with Crippen LogP contribution in [0.3, 0.4) is 0 Å². The predicted octanol–water partition coefficient (Wildman–Crippen LogP) is 1.57. The van der Waals surface area contributed by atoms with Crippen LogP contribution >= 0.6 is 11.8 Å². The van der Waals surface area contributed by atoms with Gasteiger partial charge in [0, 0.05) is 25.7 Å². The molecular formula is C14H21N3O7S. The molecule has 10 nitrogen and oxygen atoms in total. The molecule has 0 saturated carbocycles. The quantitative estimate of drug-likeness (QED) is 0.215. The average Bonchev–Trinajstić information content (AvgIpc) is 2.50. The Bertz CT molecular complexity index is 553. The Morgan fingerprint density at radius 2 is 1.56 bits per heavy atom. The van der Waals surface area contributed by atoms with Crippen molar-refractivity contribution < 1.29 is 33.3 Å². The van der Waals surface area contributed by atoms with E-state index in [4.69, 9.17) is 24.5 Å². The van der Waals surface area contributed by atoms with Crippen LogP contribution < -0.4 is 0 Å². The zero-order valence-electron chi connectivity index (χ0n) is 14.4. The summed E-state index contributed by atoms with van der Waals surface area (Å²) in [6.45, 7) is 5.32. The second-order valence-corrected chi connectivity index (χ2v) is 6.51. The van der Waals surface area contributed by atoms with E-state index in [0.717, 1.165) is 0 Å². The van der Waals surface area contributed by atoms with Crippen LogP contribution in [-0.2, 0) is 33.3 Å². The Kier molecular flexibility index (Phi) is 8.53. The highest BCUT2D eigenvalue weighted by molar-refractivity contribution is 7.99. The summed E-state index contributed by atoms with van der Waals surface area (Å²) in [5.41, 5.74) is 7.87. The Morgan fingerprint density at radius 1 is 1.04 bits per heavy atom. The number of rotatable bonds is 7. The van der Waals surface area contributed by atoms with E-state index in [1.807, 2.05) is 6.92 Å². The van der Waals surface area contributed by atoms with E-state index in [1.54, 1.807) is 0 Å². The van der Waals surface area contributed by atoms with Gasteiger partial charge in [-0.1, -0.05) is 12.0 Å². The minimum Gasteiger partial charge on any atom is -0.456 e. The number of hydrogen-bond acceptors (Lipinski definition) is 9. The maximum atomic E-state index is 11.5. The summed E-state index contributed by atoms with van der Waals surface area (Å²) in [6, 6.07) is 0. The van der Waals surface area contributed by atoms with E-state index < -0.39 is 47.8 Å². The van der Waals surface area contributed by atoms with Crippen molar-refractivity contribution in [3.05, 3.63) is 10.4 Å². The molecule has 0 amide bonds. The molecule has 0 N–H and O–H groups in total. The van der Waals surface area contributed by atoms with Crippen LogP contribution in [-0.4, -0.2) is 60.1 Å². The summed E-state index contributed by atoms with van der Waals surface area (Å²) in [6.07, 6.45) is -3.98. The zero-order valence-corrected chi connectivity index (χ0v) is 15.2.